The molecule has 5 nitrogen and oxygen atoms in total. The van der Waals surface area contributed by atoms with Crippen molar-refractivity contribution in [3.05, 3.63) is 72.4 Å². The summed E-state index contributed by atoms with van der Waals surface area (Å²) in [4.78, 5) is 0. The van der Waals surface area contributed by atoms with Crippen molar-refractivity contribution in [3.8, 4) is 5.69 Å². The average molecular weight is 312 g/mol. The summed E-state index contributed by atoms with van der Waals surface area (Å²) in [5, 5.41) is 11.1. The van der Waals surface area contributed by atoms with Crippen molar-refractivity contribution in [2.24, 2.45) is 0 Å². The molecule has 0 saturated heterocycles. The van der Waals surface area contributed by atoms with E-state index in [1.807, 2.05) is 41.2 Å². The molecule has 0 aliphatic carbocycles. The molecule has 3 rings (SSSR count). The first-order valence-electron chi connectivity index (χ1n) is 6.94. The number of benzene rings is 1. The SMILES string of the molecule is S=C(NCc1ccc(-n2cccn2)cc1)NCc1ccco1. The molecular weight excluding hydrogens is 296 g/mol. The maximum atomic E-state index is 5.24. The lowest BCUT2D eigenvalue weighted by molar-refractivity contribution is 0.502. The summed E-state index contributed by atoms with van der Waals surface area (Å²) in [5.74, 6) is 0.854. The van der Waals surface area contributed by atoms with Crippen LogP contribution in [0.2, 0.25) is 0 Å². The zero-order valence-electron chi connectivity index (χ0n) is 11.9. The molecule has 0 fully saturated rings. The highest BCUT2D eigenvalue weighted by Crippen LogP contribution is 2.08. The lowest BCUT2D eigenvalue weighted by Gasteiger charge is -2.10. The van der Waals surface area contributed by atoms with Crippen LogP contribution in [0.5, 0.6) is 0 Å². The third-order valence-corrected chi connectivity index (χ3v) is 3.45. The van der Waals surface area contributed by atoms with Crippen LogP contribution in [-0.4, -0.2) is 14.9 Å². The van der Waals surface area contributed by atoms with Crippen LogP contribution < -0.4 is 10.6 Å². The summed E-state index contributed by atoms with van der Waals surface area (Å²) in [6.45, 7) is 1.25. The lowest BCUT2D eigenvalue weighted by Crippen LogP contribution is -2.34. The molecule has 0 unspecified atom stereocenters. The van der Waals surface area contributed by atoms with Gasteiger partial charge in [-0.2, -0.15) is 5.10 Å². The molecule has 0 spiro atoms. The van der Waals surface area contributed by atoms with E-state index in [0.717, 1.165) is 17.0 Å². The van der Waals surface area contributed by atoms with E-state index in [1.165, 1.54) is 0 Å². The number of hydrogen-bond donors (Lipinski definition) is 2. The van der Waals surface area contributed by atoms with Gasteiger partial charge in [0.15, 0.2) is 5.11 Å². The van der Waals surface area contributed by atoms with E-state index in [1.54, 1.807) is 12.5 Å². The maximum absolute atomic E-state index is 5.24. The van der Waals surface area contributed by atoms with Crippen molar-refractivity contribution in [2.75, 3.05) is 0 Å². The predicted octanol–water partition coefficient (Wildman–Crippen LogP) is 2.63. The standard InChI is InChI=1S/C16H16N4OS/c22-16(18-12-15-3-1-10-21-15)17-11-13-4-6-14(7-5-13)20-9-2-8-19-20/h1-10H,11-12H2,(H2,17,18,22). The van der Waals surface area contributed by atoms with Gasteiger partial charge in [-0.15, -0.1) is 0 Å². The summed E-state index contributed by atoms with van der Waals surface area (Å²) in [7, 11) is 0. The smallest absolute Gasteiger partial charge is 0.166 e. The second-order valence-electron chi connectivity index (χ2n) is 4.73. The molecule has 22 heavy (non-hydrogen) atoms. The van der Waals surface area contributed by atoms with Gasteiger partial charge < -0.3 is 15.1 Å². The zero-order chi connectivity index (χ0) is 15.2. The van der Waals surface area contributed by atoms with E-state index in [4.69, 9.17) is 16.6 Å². The van der Waals surface area contributed by atoms with Crippen LogP contribution in [0.4, 0.5) is 0 Å². The summed E-state index contributed by atoms with van der Waals surface area (Å²) in [6.07, 6.45) is 5.33. The Kier molecular flexibility index (Phi) is 4.50. The summed E-state index contributed by atoms with van der Waals surface area (Å²) in [6, 6.07) is 13.8. The van der Waals surface area contributed by atoms with Crippen LogP contribution in [-0.2, 0) is 13.1 Å². The summed E-state index contributed by atoms with van der Waals surface area (Å²) >= 11 is 5.24. The number of nitrogens with zero attached hydrogens (tertiary/aromatic N) is 2. The Morgan fingerprint density at radius 3 is 2.59 bits per heavy atom. The van der Waals surface area contributed by atoms with Gasteiger partial charge in [-0.05, 0) is 48.1 Å². The third-order valence-electron chi connectivity index (χ3n) is 3.16. The van der Waals surface area contributed by atoms with E-state index < -0.39 is 0 Å². The zero-order valence-corrected chi connectivity index (χ0v) is 12.7. The van der Waals surface area contributed by atoms with Gasteiger partial charge in [0, 0.05) is 18.9 Å². The van der Waals surface area contributed by atoms with Crippen LogP contribution >= 0.6 is 12.2 Å². The van der Waals surface area contributed by atoms with Crippen molar-refractivity contribution >= 4 is 17.3 Å². The fraction of sp³-hybridized carbons (Fsp3) is 0.125. The molecule has 0 radical (unpaired) electrons. The molecule has 0 amide bonds. The average Bonchev–Trinajstić information content (AvgIpc) is 3.24. The molecule has 2 N–H and O–H groups in total. The molecule has 6 heteroatoms. The Morgan fingerprint density at radius 1 is 1.09 bits per heavy atom. The Hall–Kier alpha value is -2.60. The van der Waals surface area contributed by atoms with Crippen LogP contribution in [0.25, 0.3) is 5.69 Å². The molecule has 3 aromatic rings. The molecule has 2 aromatic heterocycles. The van der Waals surface area contributed by atoms with Gasteiger partial charge >= 0.3 is 0 Å². The molecule has 0 bridgehead atoms. The first kappa shape index (κ1) is 14.3. The van der Waals surface area contributed by atoms with Gasteiger partial charge in [-0.25, -0.2) is 4.68 Å². The molecule has 1 aromatic carbocycles. The van der Waals surface area contributed by atoms with Crippen LogP contribution in [0.3, 0.4) is 0 Å². The van der Waals surface area contributed by atoms with Crippen LogP contribution in [0, 0.1) is 0 Å². The topological polar surface area (TPSA) is 55.0 Å². The van der Waals surface area contributed by atoms with Crippen LogP contribution in [0.1, 0.15) is 11.3 Å². The Bertz CT molecular complexity index is 705. The minimum absolute atomic E-state index is 0.580. The number of aromatic nitrogens is 2. The number of furan rings is 1. The van der Waals surface area contributed by atoms with Crippen molar-refractivity contribution in [1.29, 1.82) is 0 Å². The molecular formula is C16H16N4OS. The van der Waals surface area contributed by atoms with Gasteiger partial charge in [0.05, 0.1) is 18.5 Å². The summed E-state index contributed by atoms with van der Waals surface area (Å²) < 4.78 is 7.06. The Labute approximate surface area is 134 Å². The molecule has 0 aliphatic heterocycles. The molecule has 2 heterocycles. The number of thiocarbonyl (C=S) groups is 1. The third kappa shape index (κ3) is 3.73. The second-order valence-corrected chi connectivity index (χ2v) is 5.14. The van der Waals surface area contributed by atoms with Gasteiger partial charge in [0.1, 0.15) is 5.76 Å². The largest absolute Gasteiger partial charge is 0.467 e. The fourth-order valence-corrected chi connectivity index (χ4v) is 2.16. The minimum atomic E-state index is 0.580. The van der Waals surface area contributed by atoms with Crippen molar-refractivity contribution < 1.29 is 4.42 Å². The van der Waals surface area contributed by atoms with E-state index in [2.05, 4.69) is 27.9 Å². The Morgan fingerprint density at radius 2 is 1.91 bits per heavy atom. The summed E-state index contributed by atoms with van der Waals surface area (Å²) in [5.41, 5.74) is 2.19. The van der Waals surface area contributed by atoms with E-state index >= 15 is 0 Å². The molecule has 112 valence electrons. The monoisotopic (exact) mass is 312 g/mol. The first-order valence-corrected chi connectivity index (χ1v) is 7.35. The molecule has 0 saturated carbocycles. The lowest BCUT2D eigenvalue weighted by atomic mass is 10.2. The highest BCUT2D eigenvalue weighted by molar-refractivity contribution is 7.80. The second kappa shape index (κ2) is 6.91. The number of hydrogen-bond acceptors (Lipinski definition) is 3. The van der Waals surface area contributed by atoms with E-state index in [0.29, 0.717) is 18.2 Å². The minimum Gasteiger partial charge on any atom is -0.467 e. The molecule has 0 aliphatic rings. The number of rotatable bonds is 5. The Balaban J connectivity index is 1.48. The normalized spacial score (nSPS) is 10.4. The van der Waals surface area contributed by atoms with E-state index in [-0.39, 0.29) is 0 Å². The van der Waals surface area contributed by atoms with Gasteiger partial charge in [0.25, 0.3) is 0 Å². The van der Waals surface area contributed by atoms with Gasteiger partial charge in [-0.3, -0.25) is 0 Å². The van der Waals surface area contributed by atoms with Crippen molar-refractivity contribution in [1.82, 2.24) is 20.4 Å². The fourth-order valence-electron chi connectivity index (χ4n) is 2.01. The predicted molar refractivity (Wildman–Crippen MR) is 88.5 cm³/mol. The quantitative estimate of drug-likeness (QED) is 0.709. The van der Waals surface area contributed by atoms with Crippen LogP contribution in [0.15, 0.2) is 65.5 Å². The molecule has 0 atom stereocenters. The van der Waals surface area contributed by atoms with Crippen molar-refractivity contribution in [2.45, 2.75) is 13.1 Å². The highest BCUT2D eigenvalue weighted by Gasteiger charge is 2.00. The van der Waals surface area contributed by atoms with Gasteiger partial charge in [-0.1, -0.05) is 12.1 Å². The van der Waals surface area contributed by atoms with E-state index in [9.17, 15) is 0 Å². The maximum Gasteiger partial charge on any atom is 0.166 e. The number of nitrogens with one attached hydrogen (secondary N) is 2. The first-order chi connectivity index (χ1) is 10.8. The highest BCUT2D eigenvalue weighted by atomic mass is 32.1. The van der Waals surface area contributed by atoms with Crippen molar-refractivity contribution in [3.63, 3.8) is 0 Å². The van der Waals surface area contributed by atoms with Gasteiger partial charge in [0.2, 0.25) is 0 Å².